The Morgan fingerprint density at radius 2 is 2.25 bits per heavy atom. The normalized spacial score (nSPS) is 25.2. The Kier molecular flexibility index (Phi) is 3.30. The molecule has 0 saturated carbocycles. The molecule has 0 bridgehead atoms. The summed E-state index contributed by atoms with van der Waals surface area (Å²) in [6, 6.07) is 0. The number of rotatable bonds is 4. The average Bonchev–Trinajstić information content (AvgIpc) is 2.79. The summed E-state index contributed by atoms with van der Waals surface area (Å²) in [6.45, 7) is 8.67. The summed E-state index contributed by atoms with van der Waals surface area (Å²) in [5.41, 5.74) is 2.16. The Morgan fingerprint density at radius 3 is 2.81 bits per heavy atom. The van der Waals surface area contributed by atoms with Gasteiger partial charge in [-0.1, -0.05) is 5.16 Å². The molecule has 4 heteroatoms. The van der Waals surface area contributed by atoms with Gasteiger partial charge in [-0.15, -0.1) is 0 Å². The van der Waals surface area contributed by atoms with Crippen molar-refractivity contribution in [2.75, 3.05) is 13.2 Å². The maximum atomic E-state index is 5.72. The highest BCUT2D eigenvalue weighted by Gasteiger charge is 2.29. The minimum atomic E-state index is 0.0129. The lowest BCUT2D eigenvalue weighted by atomic mass is 10.0. The molecule has 4 nitrogen and oxygen atoms in total. The molecule has 1 aromatic rings. The minimum absolute atomic E-state index is 0.0129. The highest BCUT2D eigenvalue weighted by atomic mass is 16.5. The molecule has 0 radical (unpaired) electrons. The number of hydrogen-bond acceptors (Lipinski definition) is 4. The second-order valence-corrected chi connectivity index (χ2v) is 4.81. The van der Waals surface area contributed by atoms with Crippen LogP contribution in [0.5, 0.6) is 0 Å². The summed E-state index contributed by atoms with van der Waals surface area (Å²) in [4.78, 5) is 0. The third-order valence-corrected chi connectivity index (χ3v) is 3.28. The van der Waals surface area contributed by atoms with Gasteiger partial charge >= 0.3 is 0 Å². The van der Waals surface area contributed by atoms with E-state index in [1.807, 2.05) is 13.8 Å². The van der Waals surface area contributed by atoms with E-state index in [4.69, 9.17) is 9.26 Å². The van der Waals surface area contributed by atoms with Crippen LogP contribution in [0.25, 0.3) is 0 Å². The first-order chi connectivity index (χ1) is 7.61. The van der Waals surface area contributed by atoms with Gasteiger partial charge in [-0.3, -0.25) is 0 Å². The van der Waals surface area contributed by atoms with Crippen LogP contribution in [0.2, 0.25) is 0 Å². The molecule has 1 atom stereocenters. The SMILES string of the molecule is Cc1noc(C)c1CNCC1(C)CCCO1. The number of aryl methyl sites for hydroxylation is 2. The third kappa shape index (κ3) is 2.44. The maximum Gasteiger partial charge on any atom is 0.138 e. The fourth-order valence-electron chi connectivity index (χ4n) is 2.18. The Bertz CT molecular complexity index is 334. The van der Waals surface area contributed by atoms with Crippen LogP contribution >= 0.6 is 0 Å². The highest BCUT2D eigenvalue weighted by Crippen LogP contribution is 2.24. The van der Waals surface area contributed by atoms with Crippen molar-refractivity contribution >= 4 is 0 Å². The molecule has 2 heterocycles. The third-order valence-electron chi connectivity index (χ3n) is 3.28. The molecule has 2 rings (SSSR count). The molecule has 90 valence electrons. The number of nitrogens with zero attached hydrogens (tertiary/aromatic N) is 1. The molecule has 0 aromatic carbocycles. The van der Waals surface area contributed by atoms with Crippen molar-refractivity contribution < 1.29 is 9.26 Å². The van der Waals surface area contributed by atoms with Gasteiger partial charge in [0, 0.05) is 25.3 Å². The van der Waals surface area contributed by atoms with Crippen molar-refractivity contribution in [3.63, 3.8) is 0 Å². The largest absolute Gasteiger partial charge is 0.374 e. The van der Waals surface area contributed by atoms with Crippen LogP contribution in [-0.4, -0.2) is 23.9 Å². The molecule has 0 amide bonds. The zero-order chi connectivity index (χ0) is 11.6. The topological polar surface area (TPSA) is 47.3 Å². The summed E-state index contributed by atoms with van der Waals surface area (Å²) in [6.07, 6.45) is 2.31. The van der Waals surface area contributed by atoms with E-state index in [1.165, 1.54) is 12.0 Å². The fourth-order valence-corrected chi connectivity index (χ4v) is 2.18. The second kappa shape index (κ2) is 4.55. The minimum Gasteiger partial charge on any atom is -0.374 e. The Labute approximate surface area is 96.3 Å². The molecule has 0 aliphatic carbocycles. The van der Waals surface area contributed by atoms with Gasteiger partial charge in [0.2, 0.25) is 0 Å². The van der Waals surface area contributed by atoms with E-state index in [0.717, 1.165) is 37.6 Å². The van der Waals surface area contributed by atoms with Gasteiger partial charge in [-0.25, -0.2) is 0 Å². The van der Waals surface area contributed by atoms with Crippen LogP contribution in [0.4, 0.5) is 0 Å². The lowest BCUT2D eigenvalue weighted by molar-refractivity contribution is 0.0206. The van der Waals surface area contributed by atoms with Gasteiger partial charge in [0.15, 0.2) is 0 Å². The molecular formula is C12H20N2O2. The predicted octanol–water partition coefficient (Wildman–Crippen LogP) is 1.95. The van der Waals surface area contributed by atoms with Crippen LogP contribution in [0.1, 0.15) is 36.8 Å². The first-order valence-electron chi connectivity index (χ1n) is 5.87. The summed E-state index contributed by atoms with van der Waals surface area (Å²) >= 11 is 0. The van der Waals surface area contributed by atoms with Crippen molar-refractivity contribution in [2.24, 2.45) is 0 Å². The number of aromatic nitrogens is 1. The molecule has 1 aliphatic heterocycles. The van der Waals surface area contributed by atoms with Gasteiger partial charge in [0.05, 0.1) is 11.3 Å². The molecule has 1 fully saturated rings. The lowest BCUT2D eigenvalue weighted by Crippen LogP contribution is -2.36. The lowest BCUT2D eigenvalue weighted by Gasteiger charge is -2.23. The quantitative estimate of drug-likeness (QED) is 0.849. The highest BCUT2D eigenvalue weighted by molar-refractivity contribution is 5.20. The van der Waals surface area contributed by atoms with E-state index in [-0.39, 0.29) is 5.60 Å². The van der Waals surface area contributed by atoms with Gasteiger partial charge in [0.25, 0.3) is 0 Å². The Morgan fingerprint density at radius 1 is 1.44 bits per heavy atom. The molecular weight excluding hydrogens is 204 g/mol. The first-order valence-corrected chi connectivity index (χ1v) is 5.87. The number of hydrogen-bond donors (Lipinski definition) is 1. The van der Waals surface area contributed by atoms with E-state index in [2.05, 4.69) is 17.4 Å². The molecule has 1 N–H and O–H groups in total. The second-order valence-electron chi connectivity index (χ2n) is 4.81. The van der Waals surface area contributed by atoms with Crippen molar-refractivity contribution in [1.29, 1.82) is 0 Å². The first kappa shape index (κ1) is 11.6. The summed E-state index contributed by atoms with van der Waals surface area (Å²) in [5, 5.41) is 7.36. The molecule has 1 aliphatic rings. The molecule has 1 aromatic heterocycles. The Hall–Kier alpha value is -0.870. The fraction of sp³-hybridized carbons (Fsp3) is 0.750. The van der Waals surface area contributed by atoms with E-state index in [0.29, 0.717) is 0 Å². The zero-order valence-corrected chi connectivity index (χ0v) is 10.3. The number of ether oxygens (including phenoxy) is 1. The Balaban J connectivity index is 1.84. The average molecular weight is 224 g/mol. The van der Waals surface area contributed by atoms with Crippen molar-refractivity contribution in [2.45, 2.75) is 45.8 Å². The van der Waals surface area contributed by atoms with E-state index < -0.39 is 0 Å². The maximum absolute atomic E-state index is 5.72. The van der Waals surface area contributed by atoms with Crippen molar-refractivity contribution in [3.8, 4) is 0 Å². The van der Waals surface area contributed by atoms with E-state index >= 15 is 0 Å². The van der Waals surface area contributed by atoms with Crippen LogP contribution < -0.4 is 5.32 Å². The summed E-state index contributed by atoms with van der Waals surface area (Å²) < 4.78 is 10.8. The zero-order valence-electron chi connectivity index (χ0n) is 10.3. The molecule has 16 heavy (non-hydrogen) atoms. The summed E-state index contributed by atoms with van der Waals surface area (Å²) in [7, 11) is 0. The molecule has 1 saturated heterocycles. The van der Waals surface area contributed by atoms with Crippen molar-refractivity contribution in [3.05, 3.63) is 17.0 Å². The van der Waals surface area contributed by atoms with Gasteiger partial charge < -0.3 is 14.6 Å². The van der Waals surface area contributed by atoms with Crippen LogP contribution in [0.3, 0.4) is 0 Å². The van der Waals surface area contributed by atoms with E-state index in [1.54, 1.807) is 0 Å². The van der Waals surface area contributed by atoms with Crippen molar-refractivity contribution in [1.82, 2.24) is 10.5 Å². The molecule has 1 unspecified atom stereocenters. The van der Waals surface area contributed by atoms with E-state index in [9.17, 15) is 0 Å². The molecule has 0 spiro atoms. The van der Waals surface area contributed by atoms with Gasteiger partial charge in [-0.2, -0.15) is 0 Å². The smallest absolute Gasteiger partial charge is 0.138 e. The van der Waals surface area contributed by atoms with Gasteiger partial charge in [-0.05, 0) is 33.6 Å². The van der Waals surface area contributed by atoms with Crippen LogP contribution in [-0.2, 0) is 11.3 Å². The monoisotopic (exact) mass is 224 g/mol. The standard InChI is InChI=1S/C12H20N2O2/c1-9-11(10(2)16-14-9)7-13-8-12(3)5-4-6-15-12/h13H,4-8H2,1-3H3. The van der Waals surface area contributed by atoms with Crippen LogP contribution in [0, 0.1) is 13.8 Å². The predicted molar refractivity (Wildman–Crippen MR) is 61.3 cm³/mol. The van der Waals surface area contributed by atoms with Crippen LogP contribution in [0.15, 0.2) is 4.52 Å². The van der Waals surface area contributed by atoms with Gasteiger partial charge in [0.1, 0.15) is 5.76 Å². The summed E-state index contributed by atoms with van der Waals surface area (Å²) in [5.74, 6) is 0.905. The number of nitrogens with one attached hydrogen (secondary N) is 1.